The highest BCUT2D eigenvalue weighted by molar-refractivity contribution is 7.11. The van der Waals surface area contributed by atoms with Crippen molar-refractivity contribution in [2.24, 2.45) is 0 Å². The molecule has 134 valence electrons. The summed E-state index contributed by atoms with van der Waals surface area (Å²) in [6.07, 6.45) is 4.12. The molecule has 7 heteroatoms. The normalized spacial score (nSPS) is 16.6. The smallest absolute Gasteiger partial charge is 0.321 e. The van der Waals surface area contributed by atoms with Gasteiger partial charge in [0, 0.05) is 36.5 Å². The van der Waals surface area contributed by atoms with Crippen molar-refractivity contribution in [3.05, 3.63) is 40.3 Å². The third-order valence-electron chi connectivity index (χ3n) is 3.95. The minimum atomic E-state index is -0.165. The van der Waals surface area contributed by atoms with Gasteiger partial charge in [-0.15, -0.1) is 11.3 Å². The van der Waals surface area contributed by atoms with Crippen LogP contribution in [-0.2, 0) is 11.3 Å². The fraction of sp³-hybridized carbons (Fsp3) is 0.444. The number of nitrogens with one attached hydrogen (secondary N) is 1. The molecule has 0 bridgehead atoms. The summed E-state index contributed by atoms with van der Waals surface area (Å²) in [5.74, 6) is 0.731. The molecule has 1 fully saturated rings. The van der Waals surface area contributed by atoms with Crippen LogP contribution in [0.4, 0.5) is 10.5 Å². The van der Waals surface area contributed by atoms with Crippen molar-refractivity contribution >= 4 is 23.1 Å². The first-order valence-electron chi connectivity index (χ1n) is 8.38. The van der Waals surface area contributed by atoms with Crippen LogP contribution in [0.3, 0.4) is 0 Å². The van der Waals surface area contributed by atoms with E-state index < -0.39 is 0 Å². The zero-order valence-corrected chi connectivity index (χ0v) is 15.3. The lowest BCUT2D eigenvalue weighted by Gasteiger charge is -2.17. The summed E-state index contributed by atoms with van der Waals surface area (Å²) in [5, 5.41) is 3.90. The first-order valence-corrected chi connectivity index (χ1v) is 9.19. The number of carbonyl (C=O) groups excluding carboxylic acids is 1. The number of nitrogens with zero attached hydrogens (tertiary/aromatic N) is 2. The topological polar surface area (TPSA) is 63.7 Å². The molecule has 2 amide bonds. The maximum Gasteiger partial charge on any atom is 0.321 e. The summed E-state index contributed by atoms with van der Waals surface area (Å²) in [6, 6.07) is 7.27. The number of aromatic nitrogens is 1. The molecule has 1 saturated heterocycles. The Balaban J connectivity index is 1.52. The van der Waals surface area contributed by atoms with E-state index in [0.717, 1.165) is 35.1 Å². The van der Waals surface area contributed by atoms with E-state index in [1.54, 1.807) is 23.3 Å². The quantitative estimate of drug-likeness (QED) is 0.853. The number of ether oxygens (including phenoxy) is 2. The lowest BCUT2D eigenvalue weighted by atomic mass is 10.2. The Kier molecular flexibility index (Phi) is 5.88. The highest BCUT2D eigenvalue weighted by Crippen LogP contribution is 2.20. The zero-order chi connectivity index (χ0) is 17.6. The maximum atomic E-state index is 12.3. The molecule has 3 rings (SSSR count). The molecule has 0 radical (unpaired) electrons. The molecule has 1 aliphatic heterocycles. The number of urea groups is 1. The van der Waals surface area contributed by atoms with Gasteiger partial charge in [-0.1, -0.05) is 6.07 Å². The number of hydrogen-bond acceptors (Lipinski definition) is 5. The number of amides is 2. The minimum absolute atomic E-state index is 0.165. The molecule has 2 aromatic rings. The highest BCUT2D eigenvalue weighted by Gasteiger charge is 2.16. The van der Waals surface area contributed by atoms with Gasteiger partial charge < -0.3 is 19.7 Å². The van der Waals surface area contributed by atoms with Crippen molar-refractivity contribution in [2.45, 2.75) is 32.4 Å². The predicted molar refractivity (Wildman–Crippen MR) is 98.2 cm³/mol. The summed E-state index contributed by atoms with van der Waals surface area (Å²) in [7, 11) is 1.77. The third kappa shape index (κ3) is 5.17. The van der Waals surface area contributed by atoms with Crippen LogP contribution >= 0.6 is 11.3 Å². The Morgan fingerprint density at radius 2 is 2.40 bits per heavy atom. The Labute approximate surface area is 151 Å². The number of carbonyl (C=O) groups is 1. The second-order valence-electron chi connectivity index (χ2n) is 6.11. The molecule has 2 heterocycles. The highest BCUT2D eigenvalue weighted by atomic mass is 32.1. The Bertz CT molecular complexity index is 713. The number of aryl methyl sites for hydroxylation is 1. The molecule has 0 spiro atoms. The van der Waals surface area contributed by atoms with Gasteiger partial charge in [0.25, 0.3) is 0 Å². The van der Waals surface area contributed by atoms with Crippen LogP contribution < -0.4 is 10.1 Å². The van der Waals surface area contributed by atoms with E-state index in [0.29, 0.717) is 18.8 Å². The minimum Gasteiger partial charge on any atom is -0.491 e. The van der Waals surface area contributed by atoms with E-state index in [1.807, 2.05) is 37.4 Å². The summed E-state index contributed by atoms with van der Waals surface area (Å²) in [5.41, 5.74) is 0.710. The van der Waals surface area contributed by atoms with E-state index in [4.69, 9.17) is 9.47 Å². The van der Waals surface area contributed by atoms with Gasteiger partial charge in [0.15, 0.2) is 0 Å². The summed E-state index contributed by atoms with van der Waals surface area (Å²) >= 11 is 1.60. The van der Waals surface area contributed by atoms with E-state index in [-0.39, 0.29) is 12.1 Å². The van der Waals surface area contributed by atoms with Gasteiger partial charge in [-0.05, 0) is 31.9 Å². The Morgan fingerprint density at radius 1 is 1.52 bits per heavy atom. The van der Waals surface area contributed by atoms with Crippen LogP contribution in [0.15, 0.2) is 30.5 Å². The lowest BCUT2D eigenvalue weighted by Crippen LogP contribution is -2.30. The first kappa shape index (κ1) is 17.7. The van der Waals surface area contributed by atoms with Gasteiger partial charge in [-0.3, -0.25) is 0 Å². The van der Waals surface area contributed by atoms with Crippen LogP contribution in [0, 0.1) is 6.92 Å². The van der Waals surface area contributed by atoms with Crippen LogP contribution in [0.1, 0.15) is 22.7 Å². The van der Waals surface area contributed by atoms with Gasteiger partial charge >= 0.3 is 6.03 Å². The largest absolute Gasteiger partial charge is 0.491 e. The third-order valence-corrected chi connectivity index (χ3v) is 4.85. The Morgan fingerprint density at radius 3 is 3.12 bits per heavy atom. The second-order valence-corrected chi connectivity index (χ2v) is 7.42. The van der Waals surface area contributed by atoms with Crippen molar-refractivity contribution in [2.75, 3.05) is 25.6 Å². The number of benzene rings is 1. The number of hydrogen-bond donors (Lipinski definition) is 1. The van der Waals surface area contributed by atoms with E-state index in [2.05, 4.69) is 10.3 Å². The molecule has 1 aliphatic rings. The second kappa shape index (κ2) is 8.31. The molecule has 25 heavy (non-hydrogen) atoms. The molecular weight excluding hydrogens is 338 g/mol. The molecule has 6 nitrogen and oxygen atoms in total. The molecular formula is C18H23N3O3S. The fourth-order valence-electron chi connectivity index (χ4n) is 2.63. The van der Waals surface area contributed by atoms with Crippen molar-refractivity contribution < 1.29 is 14.3 Å². The molecule has 1 atom stereocenters. The van der Waals surface area contributed by atoms with E-state index >= 15 is 0 Å². The Hall–Kier alpha value is -2.12. The number of thiazole rings is 1. The number of rotatable bonds is 6. The average molecular weight is 361 g/mol. The van der Waals surface area contributed by atoms with E-state index in [9.17, 15) is 4.79 Å². The predicted octanol–water partition coefficient (Wildman–Crippen LogP) is 3.67. The summed E-state index contributed by atoms with van der Waals surface area (Å²) in [6.45, 7) is 3.85. The van der Waals surface area contributed by atoms with Crippen LogP contribution in [0.25, 0.3) is 0 Å². The van der Waals surface area contributed by atoms with E-state index in [1.165, 1.54) is 0 Å². The summed E-state index contributed by atoms with van der Waals surface area (Å²) in [4.78, 5) is 19.2. The standard InChI is InChI=1S/C18H23N3O3S/c1-13-19-10-17(25-13)11-21(2)18(22)20-14-5-3-6-15(9-14)24-12-16-7-4-8-23-16/h3,5-6,9-10,16H,4,7-8,11-12H2,1-2H3,(H,20,22)/t16-/m0/s1. The van der Waals surface area contributed by atoms with Gasteiger partial charge in [0.05, 0.1) is 17.7 Å². The SMILES string of the molecule is Cc1ncc(CN(C)C(=O)Nc2cccc(OC[C@@H]3CCCO3)c2)s1. The molecule has 1 N–H and O–H groups in total. The molecule has 1 aromatic heterocycles. The number of anilines is 1. The van der Waals surface area contributed by atoms with Gasteiger partial charge in [-0.25, -0.2) is 9.78 Å². The van der Waals surface area contributed by atoms with Gasteiger partial charge in [0.1, 0.15) is 12.4 Å². The van der Waals surface area contributed by atoms with Crippen molar-refractivity contribution in [3.8, 4) is 5.75 Å². The monoisotopic (exact) mass is 361 g/mol. The van der Waals surface area contributed by atoms with Crippen LogP contribution in [-0.4, -0.2) is 42.3 Å². The first-order chi connectivity index (χ1) is 12.1. The molecule has 0 aliphatic carbocycles. The van der Waals surface area contributed by atoms with Crippen molar-refractivity contribution in [1.29, 1.82) is 0 Å². The van der Waals surface area contributed by atoms with Crippen molar-refractivity contribution in [1.82, 2.24) is 9.88 Å². The molecule has 1 aromatic carbocycles. The van der Waals surface area contributed by atoms with Gasteiger partial charge in [-0.2, -0.15) is 0 Å². The van der Waals surface area contributed by atoms with Crippen molar-refractivity contribution in [3.63, 3.8) is 0 Å². The molecule has 0 unspecified atom stereocenters. The van der Waals surface area contributed by atoms with Crippen LogP contribution in [0.5, 0.6) is 5.75 Å². The van der Waals surface area contributed by atoms with Crippen LogP contribution in [0.2, 0.25) is 0 Å². The fourth-order valence-corrected chi connectivity index (χ4v) is 3.48. The maximum absolute atomic E-state index is 12.3. The molecule has 0 saturated carbocycles. The zero-order valence-electron chi connectivity index (χ0n) is 14.5. The average Bonchev–Trinajstić information content (AvgIpc) is 3.25. The lowest BCUT2D eigenvalue weighted by molar-refractivity contribution is 0.0680. The summed E-state index contributed by atoms with van der Waals surface area (Å²) < 4.78 is 11.3. The van der Waals surface area contributed by atoms with Gasteiger partial charge in [0.2, 0.25) is 0 Å².